The van der Waals surface area contributed by atoms with E-state index in [9.17, 15) is 0 Å². The first-order chi connectivity index (χ1) is 9.58. The Balaban J connectivity index is 2.25. The maximum Gasteiger partial charge on any atom is 0.141 e. The SMILES string of the molecule is CC(C)c1cn(C(C)C)c2nc(-c3ccoc3)ccc12. The Hall–Kier alpha value is -2.03. The quantitative estimate of drug-likeness (QED) is 0.669. The number of rotatable bonds is 3. The van der Waals surface area contributed by atoms with Gasteiger partial charge in [-0.05, 0) is 43.5 Å². The van der Waals surface area contributed by atoms with Gasteiger partial charge in [0.15, 0.2) is 0 Å². The normalized spacial score (nSPS) is 11.9. The van der Waals surface area contributed by atoms with Gasteiger partial charge in [0.05, 0.1) is 18.2 Å². The highest BCUT2D eigenvalue weighted by atomic mass is 16.3. The molecule has 0 saturated carbocycles. The summed E-state index contributed by atoms with van der Waals surface area (Å²) in [5.41, 5.74) is 4.40. The van der Waals surface area contributed by atoms with Gasteiger partial charge >= 0.3 is 0 Å². The molecule has 0 bridgehead atoms. The number of hydrogen-bond donors (Lipinski definition) is 0. The second-order valence-corrected chi connectivity index (χ2v) is 5.82. The lowest BCUT2D eigenvalue weighted by Gasteiger charge is -2.08. The molecular formula is C17H20N2O. The van der Waals surface area contributed by atoms with Crippen LogP contribution in [0.15, 0.2) is 41.3 Å². The highest BCUT2D eigenvalue weighted by Crippen LogP contribution is 2.30. The van der Waals surface area contributed by atoms with E-state index in [4.69, 9.17) is 9.40 Å². The molecule has 3 heteroatoms. The summed E-state index contributed by atoms with van der Waals surface area (Å²) in [5, 5.41) is 1.25. The van der Waals surface area contributed by atoms with Gasteiger partial charge in [0.25, 0.3) is 0 Å². The van der Waals surface area contributed by atoms with Crippen LogP contribution < -0.4 is 0 Å². The highest BCUT2D eigenvalue weighted by molar-refractivity contribution is 5.83. The summed E-state index contributed by atoms with van der Waals surface area (Å²) in [6, 6.07) is 6.60. The summed E-state index contributed by atoms with van der Waals surface area (Å²) >= 11 is 0. The van der Waals surface area contributed by atoms with E-state index in [-0.39, 0.29) is 0 Å². The monoisotopic (exact) mass is 268 g/mol. The number of fused-ring (bicyclic) bond motifs is 1. The number of aromatic nitrogens is 2. The van der Waals surface area contributed by atoms with Crippen LogP contribution in [0.3, 0.4) is 0 Å². The first-order valence-electron chi connectivity index (χ1n) is 7.12. The average Bonchev–Trinajstić information content (AvgIpc) is 3.05. The van der Waals surface area contributed by atoms with Gasteiger partial charge in [-0.25, -0.2) is 4.98 Å². The molecule has 0 unspecified atom stereocenters. The number of furan rings is 1. The van der Waals surface area contributed by atoms with Crippen molar-refractivity contribution >= 4 is 11.0 Å². The minimum Gasteiger partial charge on any atom is -0.472 e. The van der Waals surface area contributed by atoms with Gasteiger partial charge in [0.1, 0.15) is 5.65 Å². The van der Waals surface area contributed by atoms with Crippen LogP contribution in [0.25, 0.3) is 22.3 Å². The van der Waals surface area contributed by atoms with Crippen LogP contribution in [-0.4, -0.2) is 9.55 Å². The molecule has 20 heavy (non-hydrogen) atoms. The molecule has 3 nitrogen and oxygen atoms in total. The lowest BCUT2D eigenvalue weighted by molar-refractivity contribution is 0.568. The van der Waals surface area contributed by atoms with Crippen molar-refractivity contribution in [2.24, 2.45) is 0 Å². The van der Waals surface area contributed by atoms with Gasteiger partial charge in [-0.15, -0.1) is 0 Å². The zero-order valence-electron chi connectivity index (χ0n) is 12.4. The Morgan fingerprint density at radius 3 is 2.50 bits per heavy atom. The van der Waals surface area contributed by atoms with Crippen molar-refractivity contribution < 1.29 is 4.42 Å². The molecule has 3 aromatic rings. The van der Waals surface area contributed by atoms with Crippen molar-refractivity contribution in [3.05, 3.63) is 42.5 Å². The Labute approximate surface area is 119 Å². The molecular weight excluding hydrogens is 248 g/mol. The zero-order valence-corrected chi connectivity index (χ0v) is 12.4. The van der Waals surface area contributed by atoms with E-state index in [0.717, 1.165) is 16.9 Å². The van der Waals surface area contributed by atoms with Gasteiger partial charge in [0.2, 0.25) is 0 Å². The first kappa shape index (κ1) is 13.0. The number of nitrogens with zero attached hydrogens (tertiary/aromatic N) is 2. The molecule has 3 heterocycles. The fraction of sp³-hybridized carbons (Fsp3) is 0.353. The second kappa shape index (κ2) is 4.82. The van der Waals surface area contributed by atoms with Crippen LogP contribution in [0.1, 0.15) is 45.2 Å². The second-order valence-electron chi connectivity index (χ2n) is 5.82. The summed E-state index contributed by atoms with van der Waals surface area (Å²) in [7, 11) is 0. The molecule has 0 fully saturated rings. The van der Waals surface area contributed by atoms with Crippen molar-refractivity contribution in [1.29, 1.82) is 0 Å². The van der Waals surface area contributed by atoms with Gasteiger partial charge < -0.3 is 8.98 Å². The van der Waals surface area contributed by atoms with E-state index < -0.39 is 0 Å². The Kier molecular flexibility index (Phi) is 3.13. The third-order valence-electron chi connectivity index (χ3n) is 3.70. The van der Waals surface area contributed by atoms with E-state index in [2.05, 4.69) is 50.6 Å². The summed E-state index contributed by atoms with van der Waals surface area (Å²) < 4.78 is 7.41. The fourth-order valence-corrected chi connectivity index (χ4v) is 2.58. The third kappa shape index (κ3) is 2.03. The molecule has 0 spiro atoms. The largest absolute Gasteiger partial charge is 0.472 e. The minimum absolute atomic E-state index is 0.400. The molecule has 0 aliphatic rings. The van der Waals surface area contributed by atoms with Gasteiger partial charge in [0, 0.05) is 23.2 Å². The maximum atomic E-state index is 5.16. The van der Waals surface area contributed by atoms with Crippen molar-refractivity contribution in [3.8, 4) is 11.3 Å². The lowest BCUT2D eigenvalue weighted by atomic mass is 10.0. The van der Waals surface area contributed by atoms with Crippen molar-refractivity contribution in [3.63, 3.8) is 0 Å². The maximum absolute atomic E-state index is 5.16. The van der Waals surface area contributed by atoms with E-state index in [1.54, 1.807) is 12.5 Å². The number of hydrogen-bond acceptors (Lipinski definition) is 2. The predicted octanol–water partition coefficient (Wildman–Crippen LogP) is 5.00. The Morgan fingerprint density at radius 2 is 1.90 bits per heavy atom. The molecule has 3 aromatic heterocycles. The highest BCUT2D eigenvalue weighted by Gasteiger charge is 2.15. The topological polar surface area (TPSA) is 31.0 Å². The van der Waals surface area contributed by atoms with Gasteiger partial charge in [-0.2, -0.15) is 0 Å². The molecule has 0 saturated heterocycles. The third-order valence-corrected chi connectivity index (χ3v) is 3.70. The molecule has 0 aliphatic carbocycles. The number of pyridine rings is 1. The van der Waals surface area contributed by atoms with Crippen LogP contribution in [0.4, 0.5) is 0 Å². The van der Waals surface area contributed by atoms with E-state index >= 15 is 0 Å². The van der Waals surface area contributed by atoms with Crippen LogP contribution >= 0.6 is 0 Å². The van der Waals surface area contributed by atoms with E-state index in [1.807, 2.05) is 6.07 Å². The van der Waals surface area contributed by atoms with Crippen molar-refractivity contribution in [2.75, 3.05) is 0 Å². The van der Waals surface area contributed by atoms with Crippen LogP contribution in [-0.2, 0) is 0 Å². The van der Waals surface area contributed by atoms with E-state index in [0.29, 0.717) is 12.0 Å². The molecule has 0 N–H and O–H groups in total. The molecule has 0 aliphatic heterocycles. The Morgan fingerprint density at radius 1 is 1.10 bits per heavy atom. The standard InChI is InChI=1S/C17H20N2O/c1-11(2)15-9-19(12(3)4)17-14(15)5-6-16(18-17)13-7-8-20-10-13/h5-12H,1-4H3. The minimum atomic E-state index is 0.400. The summed E-state index contributed by atoms with van der Waals surface area (Å²) in [6.07, 6.45) is 5.66. The molecule has 0 atom stereocenters. The van der Waals surface area contributed by atoms with E-state index in [1.165, 1.54) is 10.9 Å². The summed E-state index contributed by atoms with van der Waals surface area (Å²) in [5.74, 6) is 0.499. The first-order valence-corrected chi connectivity index (χ1v) is 7.12. The average molecular weight is 268 g/mol. The van der Waals surface area contributed by atoms with Crippen LogP contribution in [0.5, 0.6) is 0 Å². The smallest absolute Gasteiger partial charge is 0.141 e. The fourth-order valence-electron chi connectivity index (χ4n) is 2.58. The molecule has 0 radical (unpaired) electrons. The Bertz CT molecular complexity index is 721. The van der Waals surface area contributed by atoms with Crippen LogP contribution in [0, 0.1) is 0 Å². The molecule has 0 amide bonds. The molecule has 3 rings (SSSR count). The summed E-state index contributed by atoms with van der Waals surface area (Å²) in [6.45, 7) is 8.83. The lowest BCUT2D eigenvalue weighted by Crippen LogP contribution is -2.00. The van der Waals surface area contributed by atoms with Gasteiger partial charge in [-0.3, -0.25) is 0 Å². The van der Waals surface area contributed by atoms with Crippen molar-refractivity contribution in [2.45, 2.75) is 39.7 Å². The predicted molar refractivity (Wildman–Crippen MR) is 81.9 cm³/mol. The van der Waals surface area contributed by atoms with Crippen molar-refractivity contribution in [1.82, 2.24) is 9.55 Å². The zero-order chi connectivity index (χ0) is 14.3. The van der Waals surface area contributed by atoms with Crippen LogP contribution in [0.2, 0.25) is 0 Å². The molecule has 104 valence electrons. The molecule has 0 aromatic carbocycles. The van der Waals surface area contributed by atoms with Gasteiger partial charge in [-0.1, -0.05) is 13.8 Å². The summed E-state index contributed by atoms with van der Waals surface area (Å²) in [4.78, 5) is 4.84.